The molecule has 10 rings (SSSR count). The Hall–Kier alpha value is -6.70. The van der Waals surface area contributed by atoms with Gasteiger partial charge in [-0.2, -0.15) is 0 Å². The van der Waals surface area contributed by atoms with Gasteiger partial charge in [-0.3, -0.25) is 4.90 Å². The van der Waals surface area contributed by atoms with E-state index in [1.165, 1.54) is 33.0 Å². The summed E-state index contributed by atoms with van der Waals surface area (Å²) in [5.74, 6) is 0.727. The van der Waals surface area contributed by atoms with Crippen molar-refractivity contribution in [2.75, 3.05) is 4.90 Å². The summed E-state index contributed by atoms with van der Waals surface area (Å²) in [7, 11) is 0. The van der Waals surface area contributed by atoms with Crippen LogP contribution in [0.5, 0.6) is 0 Å². The average molecular weight is 831 g/mol. The lowest BCUT2D eigenvalue weighted by Crippen LogP contribution is -2.26. The van der Waals surface area contributed by atoms with Crippen molar-refractivity contribution < 1.29 is 0 Å². The molecule has 2 heterocycles. The highest BCUT2D eigenvalue weighted by Gasteiger charge is 2.26. The van der Waals surface area contributed by atoms with E-state index in [-0.39, 0.29) is 0 Å². The first-order chi connectivity index (χ1) is 27.8. The topological polar surface area (TPSA) is 32.9 Å². The summed E-state index contributed by atoms with van der Waals surface area (Å²) in [6.07, 6.45) is 0. The van der Waals surface area contributed by atoms with Crippen molar-refractivity contribution in [3.63, 3.8) is 0 Å². The van der Waals surface area contributed by atoms with Gasteiger partial charge >= 0.3 is 0 Å². The van der Waals surface area contributed by atoms with Gasteiger partial charge in [-0.05, 0) is 79.4 Å². The van der Waals surface area contributed by atoms with E-state index in [0.29, 0.717) is 0 Å². The molecular formula is C51H35IN4. The minimum atomic E-state index is -0.813. The van der Waals surface area contributed by atoms with Gasteiger partial charge in [-0.25, -0.2) is 9.98 Å². The first-order valence-electron chi connectivity index (χ1n) is 18.7. The zero-order chi connectivity index (χ0) is 37.3. The lowest BCUT2D eigenvalue weighted by atomic mass is 10.00. The van der Waals surface area contributed by atoms with Gasteiger partial charge in [0.05, 0.1) is 16.7 Å². The molecule has 0 spiro atoms. The molecule has 0 amide bonds. The van der Waals surface area contributed by atoms with Crippen LogP contribution in [-0.2, 0) is 0 Å². The van der Waals surface area contributed by atoms with Crippen molar-refractivity contribution >= 4 is 67.2 Å². The van der Waals surface area contributed by atoms with E-state index in [0.717, 1.165) is 52.5 Å². The van der Waals surface area contributed by atoms with E-state index in [1.54, 1.807) is 0 Å². The maximum atomic E-state index is 5.44. The molecule has 1 aliphatic rings. The van der Waals surface area contributed by atoms with Crippen molar-refractivity contribution in [1.82, 2.24) is 4.57 Å². The molecule has 5 heteroatoms. The number of hydrogen-bond donors (Lipinski definition) is 0. The van der Waals surface area contributed by atoms with Crippen molar-refractivity contribution in [2.45, 2.75) is 0 Å². The number of aliphatic imine (C=N–C) groups is 2. The zero-order valence-corrected chi connectivity index (χ0v) is 32.5. The van der Waals surface area contributed by atoms with E-state index < -0.39 is 20.7 Å². The number of amidine groups is 2. The van der Waals surface area contributed by atoms with E-state index >= 15 is 0 Å². The van der Waals surface area contributed by atoms with Crippen LogP contribution in [0.15, 0.2) is 222 Å². The summed E-state index contributed by atoms with van der Waals surface area (Å²) < 4.78 is 4.54. The van der Waals surface area contributed by atoms with Crippen molar-refractivity contribution in [1.29, 1.82) is 0 Å². The number of fused-ring (bicyclic) bond motifs is 3. The second-order valence-corrected chi connectivity index (χ2v) is 16.2. The summed E-state index contributed by atoms with van der Waals surface area (Å²) in [5.41, 5.74) is 12.4. The number of halogens is 1. The first-order valence-corrected chi connectivity index (χ1v) is 20.9. The molecular weight excluding hydrogens is 795 g/mol. The van der Waals surface area contributed by atoms with Gasteiger partial charge in [-0.15, -0.1) is 0 Å². The van der Waals surface area contributed by atoms with Crippen LogP contribution in [0.1, 0.15) is 11.1 Å². The summed E-state index contributed by atoms with van der Waals surface area (Å²) in [5, 5.41) is 2.40. The fourth-order valence-corrected chi connectivity index (χ4v) is 10.1. The second-order valence-electron chi connectivity index (χ2n) is 13.6. The molecule has 9 aromatic rings. The monoisotopic (exact) mass is 830 g/mol. The zero-order valence-electron chi connectivity index (χ0n) is 30.4. The standard InChI is InChI=1S/C51H35IN4/c1-5-17-36(18-6-1)37-31-33-38(34-32-37)41-23-15-26-43(35-41)55-46-29-14-13-27-44(46)45-28-16-30-47(48(45)55)56(42-24-11-4-12-25-42)51-52-49(39-19-7-2-8-20-39)53-50(54-51)40-21-9-3-10-22-40/h1-35H. The predicted molar refractivity (Wildman–Crippen MR) is 245 cm³/mol. The Morgan fingerprint density at radius 3 is 1.66 bits per heavy atom. The van der Waals surface area contributed by atoms with Gasteiger partial charge in [0.25, 0.3) is 0 Å². The molecule has 0 N–H and O–H groups in total. The first kappa shape index (κ1) is 33.8. The van der Waals surface area contributed by atoms with Crippen LogP contribution in [0, 0.1) is 0 Å². The molecule has 0 saturated carbocycles. The molecule has 0 atom stereocenters. The maximum Gasteiger partial charge on any atom is 0.174 e. The minimum Gasteiger partial charge on any atom is -0.307 e. The van der Waals surface area contributed by atoms with Gasteiger partial charge in [0.1, 0.15) is 3.63 Å². The summed E-state index contributed by atoms with van der Waals surface area (Å²) in [6.45, 7) is 0. The molecule has 0 aliphatic carbocycles. The fourth-order valence-electron chi connectivity index (χ4n) is 7.51. The van der Waals surface area contributed by atoms with Gasteiger partial charge in [-0.1, -0.05) is 176 Å². The van der Waals surface area contributed by atoms with Crippen LogP contribution >= 0.6 is 20.7 Å². The van der Waals surface area contributed by atoms with Crippen LogP contribution in [0.2, 0.25) is 0 Å². The van der Waals surface area contributed by atoms with E-state index in [9.17, 15) is 0 Å². The van der Waals surface area contributed by atoms with Crippen molar-refractivity contribution in [3.05, 3.63) is 223 Å². The Kier molecular flexibility index (Phi) is 8.97. The third-order valence-electron chi connectivity index (χ3n) is 10.2. The van der Waals surface area contributed by atoms with Gasteiger partial charge in [0.2, 0.25) is 0 Å². The lowest BCUT2D eigenvalue weighted by molar-refractivity contribution is 1.17. The lowest BCUT2D eigenvalue weighted by Gasteiger charge is -2.28. The van der Waals surface area contributed by atoms with Gasteiger partial charge < -0.3 is 4.57 Å². The Bertz CT molecular complexity index is 2890. The molecule has 56 heavy (non-hydrogen) atoms. The molecule has 4 nitrogen and oxygen atoms in total. The number of benzene rings is 8. The summed E-state index contributed by atoms with van der Waals surface area (Å²) >= 11 is -0.813. The normalized spacial score (nSPS) is 12.8. The maximum absolute atomic E-state index is 5.44. The molecule has 1 aromatic heterocycles. The van der Waals surface area contributed by atoms with E-state index in [4.69, 9.17) is 9.98 Å². The molecule has 0 fully saturated rings. The Morgan fingerprint density at radius 2 is 0.946 bits per heavy atom. The van der Waals surface area contributed by atoms with Crippen LogP contribution in [0.4, 0.5) is 11.4 Å². The summed E-state index contributed by atoms with van der Waals surface area (Å²) in [4.78, 5) is 13.1. The largest absolute Gasteiger partial charge is 0.307 e. The second kappa shape index (κ2) is 14.9. The highest BCUT2D eigenvalue weighted by molar-refractivity contribution is 14.2. The highest BCUT2D eigenvalue weighted by atomic mass is 127. The molecule has 0 saturated heterocycles. The van der Waals surface area contributed by atoms with Crippen LogP contribution in [0.3, 0.4) is 0 Å². The van der Waals surface area contributed by atoms with Crippen molar-refractivity contribution in [2.24, 2.45) is 9.98 Å². The number of aromatic nitrogens is 1. The molecule has 0 bridgehead atoms. The minimum absolute atomic E-state index is 0.727. The Labute approximate surface area is 336 Å². The highest BCUT2D eigenvalue weighted by Crippen LogP contribution is 2.42. The van der Waals surface area contributed by atoms with Crippen LogP contribution < -0.4 is 4.90 Å². The van der Waals surface area contributed by atoms with E-state index in [1.807, 2.05) is 6.07 Å². The fraction of sp³-hybridized carbons (Fsp3) is 0. The van der Waals surface area contributed by atoms with Gasteiger partial charge in [0.15, 0.2) is 9.68 Å². The molecule has 0 unspecified atom stereocenters. The SMILES string of the molecule is c1ccc(C2=NC(c3ccccc3)=IC(N(c3ccccc3)c3cccc4c5ccccc5n(-c5cccc(-c6ccc(-c7ccccc7)cc6)c5)c34)=N2)cc1. The average Bonchev–Trinajstić information content (AvgIpc) is 3.63. The van der Waals surface area contributed by atoms with Crippen LogP contribution in [0.25, 0.3) is 49.7 Å². The summed E-state index contributed by atoms with van der Waals surface area (Å²) in [6, 6.07) is 75.4. The molecule has 8 aromatic carbocycles. The van der Waals surface area contributed by atoms with Crippen molar-refractivity contribution in [3.8, 4) is 27.9 Å². The molecule has 1 aliphatic heterocycles. The number of hydrogen-bond acceptors (Lipinski definition) is 3. The molecule has 266 valence electrons. The van der Waals surface area contributed by atoms with Crippen LogP contribution in [-0.4, -0.2) is 17.9 Å². The predicted octanol–water partition coefficient (Wildman–Crippen LogP) is 13.2. The third kappa shape index (κ3) is 6.36. The smallest absolute Gasteiger partial charge is 0.174 e. The Balaban J connectivity index is 1.19. The Morgan fingerprint density at radius 1 is 0.411 bits per heavy atom. The van der Waals surface area contributed by atoms with E-state index in [2.05, 4.69) is 216 Å². The third-order valence-corrected chi connectivity index (χ3v) is 12.7. The number of anilines is 2. The quantitative estimate of drug-likeness (QED) is 0.116. The van der Waals surface area contributed by atoms with Gasteiger partial charge in [0, 0.05) is 33.3 Å². The number of para-hydroxylation sites is 3. The number of nitrogens with zero attached hydrogens (tertiary/aromatic N) is 4. The number of rotatable bonds is 7. The molecule has 0 radical (unpaired) electrons.